The third-order valence-corrected chi connectivity index (χ3v) is 4.14. The van der Waals surface area contributed by atoms with Crippen molar-refractivity contribution in [3.05, 3.63) is 48.3 Å². The number of amides is 1. The van der Waals surface area contributed by atoms with Gasteiger partial charge in [-0.2, -0.15) is 0 Å². The average Bonchev–Trinajstić information content (AvgIpc) is 2.68. The van der Waals surface area contributed by atoms with Gasteiger partial charge in [0.05, 0.1) is 13.7 Å². The SMILES string of the molecule is COc1nccnc1OC1CCCN(C(=O)C(O)c2ccccc2)C1. The number of methoxy groups -OCH3 is 1. The van der Waals surface area contributed by atoms with E-state index in [1.165, 1.54) is 19.5 Å². The normalized spacial score (nSPS) is 18.5. The molecule has 1 fully saturated rings. The highest BCUT2D eigenvalue weighted by Gasteiger charge is 2.30. The number of piperidine rings is 1. The molecule has 2 unspecified atom stereocenters. The largest absolute Gasteiger partial charge is 0.477 e. The third kappa shape index (κ3) is 4.06. The number of benzene rings is 1. The smallest absolute Gasteiger partial charge is 0.278 e. The van der Waals surface area contributed by atoms with Gasteiger partial charge in [0.2, 0.25) is 0 Å². The van der Waals surface area contributed by atoms with Crippen molar-refractivity contribution in [2.24, 2.45) is 0 Å². The Labute approximate surface area is 146 Å². The highest BCUT2D eigenvalue weighted by Crippen LogP contribution is 2.25. The Bertz CT molecular complexity index is 710. The lowest BCUT2D eigenvalue weighted by atomic mass is 10.0. The predicted octanol–water partition coefficient (Wildman–Crippen LogP) is 1.59. The van der Waals surface area contributed by atoms with Crippen LogP contribution in [0.5, 0.6) is 11.8 Å². The lowest BCUT2D eigenvalue weighted by Crippen LogP contribution is -2.46. The zero-order valence-electron chi connectivity index (χ0n) is 14.0. The van der Waals surface area contributed by atoms with Gasteiger partial charge < -0.3 is 19.5 Å². The van der Waals surface area contributed by atoms with Crippen LogP contribution >= 0.6 is 0 Å². The van der Waals surface area contributed by atoms with Crippen molar-refractivity contribution >= 4 is 5.91 Å². The molecule has 1 aliphatic heterocycles. The van der Waals surface area contributed by atoms with E-state index >= 15 is 0 Å². The summed E-state index contributed by atoms with van der Waals surface area (Å²) in [5, 5.41) is 10.3. The maximum absolute atomic E-state index is 12.6. The molecular weight excluding hydrogens is 322 g/mol. The number of aliphatic hydroxyl groups is 1. The molecule has 2 heterocycles. The first-order chi connectivity index (χ1) is 12.2. The molecule has 0 aliphatic carbocycles. The van der Waals surface area contributed by atoms with E-state index < -0.39 is 6.10 Å². The Hall–Kier alpha value is -2.67. The summed E-state index contributed by atoms with van der Waals surface area (Å²) in [4.78, 5) is 22.4. The highest BCUT2D eigenvalue weighted by atomic mass is 16.5. The molecule has 1 N–H and O–H groups in total. The van der Waals surface area contributed by atoms with E-state index in [4.69, 9.17) is 9.47 Å². The molecular formula is C18H21N3O4. The standard InChI is InChI=1S/C18H21N3O4/c1-24-16-17(20-10-9-19-16)25-14-8-5-11-21(12-14)18(23)15(22)13-6-3-2-4-7-13/h2-4,6-7,9-10,14-15,22H,5,8,11-12H2,1H3. The lowest BCUT2D eigenvalue weighted by molar-refractivity contribution is -0.143. The van der Waals surface area contributed by atoms with Gasteiger partial charge in [-0.05, 0) is 18.4 Å². The Morgan fingerprint density at radius 3 is 2.68 bits per heavy atom. The van der Waals surface area contributed by atoms with Gasteiger partial charge in [0.25, 0.3) is 17.7 Å². The number of hydrogen-bond donors (Lipinski definition) is 1. The molecule has 1 amide bonds. The minimum Gasteiger partial charge on any atom is -0.477 e. The predicted molar refractivity (Wildman–Crippen MR) is 90.2 cm³/mol. The van der Waals surface area contributed by atoms with Gasteiger partial charge in [0.1, 0.15) is 6.10 Å². The van der Waals surface area contributed by atoms with Crippen LogP contribution in [-0.2, 0) is 4.79 Å². The van der Waals surface area contributed by atoms with Crippen LogP contribution in [-0.4, -0.2) is 52.2 Å². The summed E-state index contributed by atoms with van der Waals surface area (Å²) < 4.78 is 11.0. The first-order valence-corrected chi connectivity index (χ1v) is 8.22. The van der Waals surface area contributed by atoms with Crippen molar-refractivity contribution in [3.63, 3.8) is 0 Å². The summed E-state index contributed by atoms with van der Waals surface area (Å²) in [5.74, 6) is 0.314. The monoisotopic (exact) mass is 343 g/mol. The van der Waals surface area contributed by atoms with Crippen LogP contribution in [0.3, 0.4) is 0 Å². The summed E-state index contributed by atoms with van der Waals surface area (Å²) in [6.45, 7) is 0.989. The second-order valence-corrected chi connectivity index (χ2v) is 5.85. The first-order valence-electron chi connectivity index (χ1n) is 8.22. The molecule has 7 nitrogen and oxygen atoms in total. The molecule has 0 bridgehead atoms. The zero-order chi connectivity index (χ0) is 17.6. The van der Waals surface area contributed by atoms with E-state index in [-0.39, 0.29) is 12.0 Å². The topological polar surface area (TPSA) is 84.8 Å². The van der Waals surface area contributed by atoms with Crippen LogP contribution in [0.4, 0.5) is 0 Å². The van der Waals surface area contributed by atoms with Gasteiger partial charge in [0, 0.05) is 18.9 Å². The lowest BCUT2D eigenvalue weighted by Gasteiger charge is -2.33. The first kappa shape index (κ1) is 17.2. The molecule has 0 saturated carbocycles. The maximum atomic E-state index is 12.6. The summed E-state index contributed by atoms with van der Waals surface area (Å²) in [7, 11) is 1.50. The number of aliphatic hydroxyl groups excluding tert-OH is 1. The Balaban J connectivity index is 1.65. The molecule has 132 valence electrons. The van der Waals surface area contributed by atoms with E-state index in [1.807, 2.05) is 6.07 Å². The summed E-state index contributed by atoms with van der Waals surface area (Å²) in [6.07, 6.45) is 3.27. The maximum Gasteiger partial charge on any atom is 0.278 e. The highest BCUT2D eigenvalue weighted by molar-refractivity contribution is 5.82. The van der Waals surface area contributed by atoms with E-state index in [0.29, 0.717) is 30.4 Å². The number of ether oxygens (including phenoxy) is 2. The van der Waals surface area contributed by atoms with Gasteiger partial charge in [-0.1, -0.05) is 30.3 Å². The van der Waals surface area contributed by atoms with Crippen LogP contribution in [0.15, 0.2) is 42.7 Å². The molecule has 1 saturated heterocycles. The van der Waals surface area contributed by atoms with Crippen LogP contribution < -0.4 is 9.47 Å². The summed E-state index contributed by atoms with van der Waals surface area (Å²) in [6, 6.07) is 8.93. The van der Waals surface area contributed by atoms with Crippen molar-refractivity contribution in [1.29, 1.82) is 0 Å². The van der Waals surface area contributed by atoms with Crippen molar-refractivity contribution in [2.75, 3.05) is 20.2 Å². The van der Waals surface area contributed by atoms with Gasteiger partial charge in [-0.15, -0.1) is 0 Å². The molecule has 7 heteroatoms. The molecule has 0 spiro atoms. The Morgan fingerprint density at radius 1 is 1.24 bits per heavy atom. The minimum atomic E-state index is -1.16. The molecule has 0 radical (unpaired) electrons. The van der Waals surface area contributed by atoms with Crippen molar-refractivity contribution < 1.29 is 19.4 Å². The second-order valence-electron chi connectivity index (χ2n) is 5.85. The number of carbonyl (C=O) groups excluding carboxylic acids is 1. The van der Waals surface area contributed by atoms with Crippen LogP contribution in [0.25, 0.3) is 0 Å². The van der Waals surface area contributed by atoms with Crippen LogP contribution in [0.2, 0.25) is 0 Å². The molecule has 3 rings (SSSR count). The van der Waals surface area contributed by atoms with Crippen molar-refractivity contribution in [3.8, 4) is 11.8 Å². The van der Waals surface area contributed by atoms with E-state index in [0.717, 1.165) is 12.8 Å². The van der Waals surface area contributed by atoms with E-state index in [2.05, 4.69) is 9.97 Å². The van der Waals surface area contributed by atoms with E-state index in [9.17, 15) is 9.90 Å². The zero-order valence-corrected chi connectivity index (χ0v) is 14.0. The van der Waals surface area contributed by atoms with Crippen molar-refractivity contribution in [1.82, 2.24) is 14.9 Å². The number of aromatic nitrogens is 2. The Kier molecular flexibility index (Phi) is 5.45. The van der Waals surface area contributed by atoms with Crippen LogP contribution in [0.1, 0.15) is 24.5 Å². The quantitative estimate of drug-likeness (QED) is 0.887. The number of likely N-dealkylation sites (tertiary alicyclic amines) is 1. The Morgan fingerprint density at radius 2 is 1.96 bits per heavy atom. The average molecular weight is 343 g/mol. The molecule has 2 atom stereocenters. The van der Waals surface area contributed by atoms with Crippen molar-refractivity contribution in [2.45, 2.75) is 25.0 Å². The van der Waals surface area contributed by atoms with Gasteiger partial charge in [0.15, 0.2) is 6.10 Å². The number of nitrogens with zero attached hydrogens (tertiary/aromatic N) is 3. The summed E-state index contributed by atoms with van der Waals surface area (Å²) in [5.41, 5.74) is 0.589. The molecule has 1 aromatic carbocycles. The molecule has 1 aliphatic rings. The minimum absolute atomic E-state index is 0.216. The fourth-order valence-electron chi connectivity index (χ4n) is 2.88. The van der Waals surface area contributed by atoms with Gasteiger partial charge in [-0.25, -0.2) is 9.97 Å². The van der Waals surface area contributed by atoms with Gasteiger partial charge in [-0.3, -0.25) is 4.79 Å². The number of rotatable bonds is 5. The number of carbonyl (C=O) groups is 1. The molecule has 1 aromatic heterocycles. The second kappa shape index (κ2) is 7.94. The summed E-state index contributed by atoms with van der Waals surface area (Å²) >= 11 is 0. The fraction of sp³-hybridized carbons (Fsp3) is 0.389. The number of hydrogen-bond acceptors (Lipinski definition) is 6. The molecule has 2 aromatic rings. The third-order valence-electron chi connectivity index (χ3n) is 4.14. The molecule has 25 heavy (non-hydrogen) atoms. The van der Waals surface area contributed by atoms with Crippen LogP contribution in [0, 0.1) is 0 Å². The van der Waals surface area contributed by atoms with Gasteiger partial charge >= 0.3 is 0 Å². The van der Waals surface area contributed by atoms with E-state index in [1.54, 1.807) is 29.2 Å². The fourth-order valence-corrected chi connectivity index (χ4v) is 2.88.